The predicted octanol–water partition coefficient (Wildman–Crippen LogP) is 4.96. The molecule has 0 spiro atoms. The molecule has 0 atom stereocenters. The summed E-state index contributed by atoms with van der Waals surface area (Å²) in [5, 5.41) is 10.6. The van der Waals surface area contributed by atoms with Crippen LogP contribution in [0.1, 0.15) is 11.1 Å². The Bertz CT molecular complexity index is 893. The molecule has 1 heterocycles. The van der Waals surface area contributed by atoms with E-state index in [1.165, 1.54) is 0 Å². The summed E-state index contributed by atoms with van der Waals surface area (Å²) in [6.45, 7) is 0.476. The van der Waals surface area contributed by atoms with Crippen molar-refractivity contribution in [3.63, 3.8) is 0 Å². The molecule has 3 aromatic rings. The summed E-state index contributed by atoms with van der Waals surface area (Å²) in [5.41, 5.74) is 9.29. The monoisotopic (exact) mass is 341 g/mol. The molecule has 2 N–H and O–H groups in total. The minimum atomic E-state index is 0.428. The fraction of sp³-hybridized carbons (Fsp3) is 0.0556. The third-order valence-electron chi connectivity index (χ3n) is 3.67. The number of halogens is 2. The molecule has 0 bridgehead atoms. The van der Waals surface area contributed by atoms with Gasteiger partial charge in [0.2, 0.25) is 0 Å². The smallest absolute Gasteiger partial charge is 0.122 e. The highest BCUT2D eigenvalue weighted by molar-refractivity contribution is 6.35. The molecule has 0 unspecified atom stereocenters. The van der Waals surface area contributed by atoms with E-state index in [1.807, 2.05) is 47.2 Å². The molecule has 2 aromatic carbocycles. The normalized spacial score (nSPS) is 10.5. The maximum absolute atomic E-state index is 9.44. The Morgan fingerprint density at radius 2 is 1.83 bits per heavy atom. The highest BCUT2D eigenvalue weighted by Gasteiger charge is 2.15. The zero-order valence-corrected chi connectivity index (χ0v) is 13.6. The van der Waals surface area contributed by atoms with Crippen molar-refractivity contribution >= 4 is 29.0 Å². The average molecular weight is 342 g/mol. The Kier molecular flexibility index (Phi) is 4.29. The van der Waals surface area contributed by atoms with Crippen LogP contribution in [-0.2, 0) is 6.54 Å². The van der Waals surface area contributed by atoms with E-state index in [0.29, 0.717) is 28.0 Å². The lowest BCUT2D eigenvalue weighted by Gasteiger charge is -2.08. The van der Waals surface area contributed by atoms with Gasteiger partial charge in [0.15, 0.2) is 0 Å². The molecule has 0 saturated heterocycles. The first-order valence-corrected chi connectivity index (χ1v) is 7.74. The number of hydrogen-bond donors (Lipinski definition) is 1. The highest BCUT2D eigenvalue weighted by Crippen LogP contribution is 2.31. The van der Waals surface area contributed by atoms with Gasteiger partial charge in [-0.3, -0.25) is 0 Å². The van der Waals surface area contributed by atoms with Crippen LogP contribution in [0.5, 0.6) is 0 Å². The Morgan fingerprint density at radius 3 is 2.48 bits per heavy atom. The second-order valence-electron chi connectivity index (χ2n) is 5.14. The van der Waals surface area contributed by atoms with E-state index in [2.05, 4.69) is 6.07 Å². The number of aromatic nitrogens is 1. The van der Waals surface area contributed by atoms with Gasteiger partial charge >= 0.3 is 0 Å². The van der Waals surface area contributed by atoms with Gasteiger partial charge in [0.05, 0.1) is 6.54 Å². The third kappa shape index (κ3) is 3.05. The van der Waals surface area contributed by atoms with Crippen LogP contribution in [0.15, 0.2) is 54.7 Å². The summed E-state index contributed by atoms with van der Waals surface area (Å²) >= 11 is 12.1. The zero-order valence-electron chi connectivity index (χ0n) is 12.1. The molecule has 0 aliphatic heterocycles. The zero-order chi connectivity index (χ0) is 16.4. The van der Waals surface area contributed by atoms with E-state index < -0.39 is 0 Å². The van der Waals surface area contributed by atoms with Gasteiger partial charge in [-0.15, -0.1) is 0 Å². The number of rotatable bonds is 3. The van der Waals surface area contributed by atoms with Gasteiger partial charge < -0.3 is 10.3 Å². The minimum Gasteiger partial charge on any atom is -0.384 e. The molecule has 114 valence electrons. The molecule has 3 rings (SSSR count). The number of benzene rings is 2. The van der Waals surface area contributed by atoms with Crippen molar-refractivity contribution in [1.82, 2.24) is 4.57 Å². The second kappa shape index (κ2) is 6.37. The summed E-state index contributed by atoms with van der Waals surface area (Å²) in [5.74, 6) is 0.428. The Hall–Kier alpha value is -2.41. The Morgan fingerprint density at radius 1 is 1.09 bits per heavy atom. The molecule has 0 radical (unpaired) electrons. The van der Waals surface area contributed by atoms with Crippen molar-refractivity contribution in [2.45, 2.75) is 6.54 Å². The Labute approximate surface area is 144 Å². The van der Waals surface area contributed by atoms with Crippen LogP contribution in [0.3, 0.4) is 0 Å². The molecule has 0 aliphatic carbocycles. The van der Waals surface area contributed by atoms with Crippen molar-refractivity contribution in [2.24, 2.45) is 0 Å². The molecule has 0 fully saturated rings. The van der Waals surface area contributed by atoms with Gasteiger partial charge in [-0.25, -0.2) is 0 Å². The van der Waals surface area contributed by atoms with Crippen LogP contribution >= 0.6 is 23.2 Å². The summed E-state index contributed by atoms with van der Waals surface area (Å²) in [7, 11) is 0. The van der Waals surface area contributed by atoms with Crippen molar-refractivity contribution in [3.8, 4) is 17.2 Å². The van der Waals surface area contributed by atoms with Gasteiger partial charge in [-0.05, 0) is 23.3 Å². The van der Waals surface area contributed by atoms with Gasteiger partial charge in [0.1, 0.15) is 17.5 Å². The Balaban J connectivity index is 2.04. The predicted molar refractivity (Wildman–Crippen MR) is 94.6 cm³/mol. The minimum absolute atomic E-state index is 0.428. The summed E-state index contributed by atoms with van der Waals surface area (Å²) in [6, 6.07) is 17.2. The van der Waals surface area contributed by atoms with Crippen molar-refractivity contribution < 1.29 is 0 Å². The molecular weight excluding hydrogens is 329 g/mol. The van der Waals surface area contributed by atoms with Crippen LogP contribution in [0.4, 0.5) is 5.82 Å². The number of anilines is 1. The van der Waals surface area contributed by atoms with Crippen LogP contribution in [0, 0.1) is 11.3 Å². The maximum Gasteiger partial charge on any atom is 0.122 e. The third-order valence-corrected chi connectivity index (χ3v) is 4.26. The molecule has 0 saturated carbocycles. The SMILES string of the molecule is N#Cc1c(-c2ccccc2)cn(Cc2ccc(Cl)cc2Cl)c1N. The standard InChI is InChI=1S/C18H13Cl2N3/c19-14-7-6-13(17(20)8-14)10-23-11-16(15(9-21)18(23)22)12-4-2-1-3-5-12/h1-8,11H,10,22H2. The van der Waals surface area contributed by atoms with E-state index in [9.17, 15) is 5.26 Å². The van der Waals surface area contributed by atoms with E-state index >= 15 is 0 Å². The van der Waals surface area contributed by atoms with Crippen molar-refractivity contribution in [1.29, 1.82) is 5.26 Å². The number of nitriles is 1. The molecule has 5 heteroatoms. The quantitative estimate of drug-likeness (QED) is 0.731. The second-order valence-corrected chi connectivity index (χ2v) is 5.99. The van der Waals surface area contributed by atoms with Gasteiger partial charge in [0, 0.05) is 21.8 Å². The first kappa shape index (κ1) is 15.5. The van der Waals surface area contributed by atoms with E-state index in [4.69, 9.17) is 28.9 Å². The fourth-order valence-electron chi connectivity index (χ4n) is 2.49. The topological polar surface area (TPSA) is 54.7 Å². The van der Waals surface area contributed by atoms with Crippen molar-refractivity contribution in [2.75, 3.05) is 5.73 Å². The molecule has 0 aliphatic rings. The van der Waals surface area contributed by atoms with Crippen LogP contribution in [-0.4, -0.2) is 4.57 Å². The maximum atomic E-state index is 9.44. The van der Waals surface area contributed by atoms with E-state index in [0.717, 1.165) is 16.7 Å². The number of nitrogens with zero attached hydrogens (tertiary/aromatic N) is 2. The lowest BCUT2D eigenvalue weighted by molar-refractivity contribution is 0.818. The number of nitrogens with two attached hydrogens (primary N) is 1. The molecule has 3 nitrogen and oxygen atoms in total. The van der Waals surface area contributed by atoms with E-state index in [1.54, 1.807) is 12.1 Å². The average Bonchev–Trinajstić information content (AvgIpc) is 2.87. The first-order valence-electron chi connectivity index (χ1n) is 6.98. The van der Waals surface area contributed by atoms with Crippen LogP contribution < -0.4 is 5.73 Å². The van der Waals surface area contributed by atoms with Gasteiger partial charge in [-0.1, -0.05) is 59.6 Å². The van der Waals surface area contributed by atoms with Crippen molar-refractivity contribution in [3.05, 3.63) is 75.9 Å². The largest absolute Gasteiger partial charge is 0.384 e. The molecule has 0 amide bonds. The summed E-state index contributed by atoms with van der Waals surface area (Å²) in [4.78, 5) is 0. The van der Waals surface area contributed by atoms with Gasteiger partial charge in [0.25, 0.3) is 0 Å². The lowest BCUT2D eigenvalue weighted by Crippen LogP contribution is -2.04. The number of nitrogen functional groups attached to an aromatic ring is 1. The molecule has 1 aromatic heterocycles. The first-order chi connectivity index (χ1) is 11.1. The van der Waals surface area contributed by atoms with Crippen LogP contribution in [0.2, 0.25) is 10.0 Å². The lowest BCUT2D eigenvalue weighted by atomic mass is 10.1. The summed E-state index contributed by atoms with van der Waals surface area (Å²) < 4.78 is 1.83. The van der Waals surface area contributed by atoms with Gasteiger partial charge in [-0.2, -0.15) is 5.26 Å². The van der Waals surface area contributed by atoms with Crippen LogP contribution in [0.25, 0.3) is 11.1 Å². The van der Waals surface area contributed by atoms with E-state index in [-0.39, 0.29) is 0 Å². The number of hydrogen-bond acceptors (Lipinski definition) is 2. The highest BCUT2D eigenvalue weighted by atomic mass is 35.5. The molecule has 23 heavy (non-hydrogen) atoms. The summed E-state index contributed by atoms with van der Waals surface area (Å²) in [6.07, 6.45) is 1.88. The molecular formula is C18H13Cl2N3. The fourth-order valence-corrected chi connectivity index (χ4v) is 2.96.